The smallest absolute Gasteiger partial charge is 0.387 e. The van der Waals surface area contributed by atoms with Gasteiger partial charge in [-0.2, -0.15) is 0 Å². The summed E-state index contributed by atoms with van der Waals surface area (Å²) in [5.74, 6) is -10.0. The van der Waals surface area contributed by atoms with Gasteiger partial charge < -0.3 is 18.9 Å². The first-order valence-electron chi connectivity index (χ1n) is 31.6. The van der Waals surface area contributed by atoms with Crippen molar-refractivity contribution in [2.75, 3.05) is 0 Å². The Bertz CT molecular complexity index is 3120. The van der Waals surface area contributed by atoms with Crippen LogP contribution in [0.4, 0.5) is 0 Å². The zero-order valence-corrected chi connectivity index (χ0v) is 52.0. The van der Waals surface area contributed by atoms with Crippen molar-refractivity contribution in [2.45, 2.75) is 181 Å². The van der Waals surface area contributed by atoms with Crippen LogP contribution < -0.4 is 0 Å². The Labute approximate surface area is 527 Å². The molecule has 0 bridgehead atoms. The zero-order valence-electron chi connectivity index (χ0n) is 52.0. The van der Waals surface area contributed by atoms with Crippen LogP contribution >= 0.6 is 0 Å². The molecule has 0 aliphatic rings. The number of carbonyl (C=O) groups is 10. The summed E-state index contributed by atoms with van der Waals surface area (Å²) in [4.78, 5) is 157. The Morgan fingerprint density at radius 1 is 0.256 bits per heavy atom. The second kappa shape index (κ2) is 37.6. The molecule has 6 rings (SSSR count). The number of ketones is 4. The first kappa shape index (κ1) is 69.9. The summed E-state index contributed by atoms with van der Waals surface area (Å²) in [6, 6.07) is 39.3. The molecule has 0 amide bonds. The number of benzene rings is 6. The molecule has 0 aromatic heterocycles. The SMILES string of the molecule is CCCCCCC(OC(=O)c1ccccc1)C(=O)c1cccc(C(=O)OOC(=O)c2cccc(C(=O)C(CCCCCC)OC(=O)c3ccccc3)c2C(=O)C(CCCCCC)OC(=O)c2ccccc2)c1C(=O)C(CCCCCC)OC(=O)c1ccccc1. The third-order valence-corrected chi connectivity index (χ3v) is 15.3. The summed E-state index contributed by atoms with van der Waals surface area (Å²) in [7, 11) is 0. The quantitative estimate of drug-likeness (QED) is 0.00877. The minimum Gasteiger partial charge on any atom is -0.450 e. The van der Waals surface area contributed by atoms with Crippen LogP contribution in [0.1, 0.15) is 260 Å². The van der Waals surface area contributed by atoms with Gasteiger partial charge in [0.05, 0.1) is 33.4 Å². The van der Waals surface area contributed by atoms with Gasteiger partial charge in [0, 0.05) is 22.3 Å². The second-order valence-electron chi connectivity index (χ2n) is 22.1. The lowest BCUT2D eigenvalue weighted by Crippen LogP contribution is -2.34. The molecule has 6 aromatic carbocycles. The van der Waals surface area contributed by atoms with E-state index in [1.807, 2.05) is 27.7 Å². The average molecular weight is 1230 g/mol. The number of hydrogen-bond donors (Lipinski definition) is 0. The van der Waals surface area contributed by atoms with Crippen molar-refractivity contribution >= 4 is 58.9 Å². The molecule has 474 valence electrons. The molecule has 0 heterocycles. The molecule has 0 spiro atoms. The molecule has 0 saturated heterocycles. The van der Waals surface area contributed by atoms with Crippen LogP contribution in [0.3, 0.4) is 0 Å². The van der Waals surface area contributed by atoms with Gasteiger partial charge in [0.2, 0.25) is 23.1 Å². The fraction of sp³-hybridized carbons (Fsp3) is 0.378. The van der Waals surface area contributed by atoms with E-state index in [1.165, 1.54) is 72.8 Å². The summed E-state index contributed by atoms with van der Waals surface area (Å²) < 4.78 is 23.8. The van der Waals surface area contributed by atoms with Crippen LogP contribution in [-0.4, -0.2) is 83.4 Å². The molecule has 0 fully saturated rings. The Kier molecular flexibility index (Phi) is 29.2. The lowest BCUT2D eigenvalue weighted by atomic mass is 9.88. The number of rotatable bonds is 38. The van der Waals surface area contributed by atoms with E-state index in [0.717, 1.165) is 63.5 Å². The topological polar surface area (TPSA) is 226 Å². The van der Waals surface area contributed by atoms with Gasteiger partial charge in [0.15, 0.2) is 24.4 Å². The summed E-state index contributed by atoms with van der Waals surface area (Å²) in [6.45, 7) is 8.01. The number of esters is 4. The van der Waals surface area contributed by atoms with Gasteiger partial charge in [-0.25, -0.2) is 38.5 Å². The molecule has 0 aliphatic carbocycles. The lowest BCUT2D eigenvalue weighted by Gasteiger charge is -2.23. The molecular weight excluding hydrogens is 1140 g/mol. The van der Waals surface area contributed by atoms with Crippen molar-refractivity contribution in [3.05, 3.63) is 213 Å². The summed E-state index contributed by atoms with van der Waals surface area (Å²) in [5.41, 5.74) is -2.60. The van der Waals surface area contributed by atoms with E-state index < -0.39 is 106 Å². The van der Waals surface area contributed by atoms with Crippen LogP contribution in [0, 0.1) is 0 Å². The lowest BCUT2D eigenvalue weighted by molar-refractivity contribution is -0.187. The van der Waals surface area contributed by atoms with Gasteiger partial charge in [-0.05, 0) is 112 Å². The maximum Gasteiger partial charge on any atom is 0.387 e. The van der Waals surface area contributed by atoms with Gasteiger partial charge in [0.25, 0.3) is 0 Å². The third-order valence-electron chi connectivity index (χ3n) is 15.3. The van der Waals surface area contributed by atoms with E-state index in [4.69, 9.17) is 28.7 Å². The van der Waals surface area contributed by atoms with Crippen molar-refractivity contribution in [1.82, 2.24) is 0 Å². The monoisotopic (exact) mass is 1230 g/mol. The van der Waals surface area contributed by atoms with Crippen LogP contribution in [-0.2, 0) is 28.7 Å². The molecule has 0 aliphatic heterocycles. The largest absolute Gasteiger partial charge is 0.450 e. The highest BCUT2D eigenvalue weighted by atomic mass is 17.2. The van der Waals surface area contributed by atoms with Gasteiger partial charge in [-0.1, -0.05) is 202 Å². The highest BCUT2D eigenvalue weighted by molar-refractivity contribution is 6.19. The summed E-state index contributed by atoms with van der Waals surface area (Å²) >= 11 is 0. The molecule has 16 heteroatoms. The Morgan fingerprint density at radius 3 is 0.733 bits per heavy atom. The minimum absolute atomic E-state index is 0.0312. The van der Waals surface area contributed by atoms with E-state index in [9.17, 15) is 28.8 Å². The predicted molar refractivity (Wildman–Crippen MR) is 339 cm³/mol. The molecule has 90 heavy (non-hydrogen) atoms. The number of unbranched alkanes of at least 4 members (excludes halogenated alkanes) is 12. The van der Waals surface area contributed by atoms with Gasteiger partial charge in [0.1, 0.15) is 0 Å². The first-order chi connectivity index (χ1) is 43.7. The van der Waals surface area contributed by atoms with E-state index in [-0.39, 0.29) is 59.1 Å². The Morgan fingerprint density at radius 2 is 0.489 bits per heavy atom. The summed E-state index contributed by atoms with van der Waals surface area (Å²) in [6.07, 6.45) is 4.66. The molecule has 0 N–H and O–H groups in total. The average Bonchev–Trinajstić information content (AvgIpc) is 1.08. The molecular formula is C74H82O16. The van der Waals surface area contributed by atoms with Gasteiger partial charge in [-0.3, -0.25) is 19.2 Å². The molecule has 4 atom stereocenters. The predicted octanol–water partition coefficient (Wildman–Crippen LogP) is 16.1. The highest BCUT2D eigenvalue weighted by Gasteiger charge is 2.39. The number of ether oxygens (including phenoxy) is 4. The van der Waals surface area contributed by atoms with E-state index in [2.05, 4.69) is 0 Å². The maximum absolute atomic E-state index is 15.4. The van der Waals surface area contributed by atoms with Crippen molar-refractivity contribution in [3.63, 3.8) is 0 Å². The number of carbonyl (C=O) groups excluding carboxylic acids is 10. The van der Waals surface area contributed by atoms with E-state index in [1.54, 1.807) is 72.8 Å². The normalized spacial score (nSPS) is 12.3. The Hall–Kier alpha value is -9.18. The van der Waals surface area contributed by atoms with Crippen LogP contribution in [0.2, 0.25) is 0 Å². The molecule has 16 nitrogen and oxygen atoms in total. The standard InChI is InChI=1S/C74H82O16/c1-5-9-13-29-47-59(85-69(79)51-35-21-17-22-36-51)65(75)55-43-33-45-57(63(55)67(77)61(49-31-15-11-7-3)87-71(81)53-39-25-19-26-40-53)73(83)89-90-74(84)58-46-34-44-56(66(76)60(48-30-14-10-6-2)86-70(80)52-37-23-18-24-38-52)64(58)68(78)62(50-32-16-12-8-4)88-72(82)54-41-27-20-28-42-54/h17-28,33-46,59-62H,5-16,29-32,47-50H2,1-4H3. The van der Waals surface area contributed by atoms with Gasteiger partial charge in [-0.15, -0.1) is 0 Å². The fourth-order valence-electron chi connectivity index (χ4n) is 10.3. The molecule has 0 saturated carbocycles. The molecule has 4 unspecified atom stereocenters. The number of hydrogen-bond acceptors (Lipinski definition) is 16. The van der Waals surface area contributed by atoms with E-state index >= 15 is 19.2 Å². The van der Waals surface area contributed by atoms with Crippen LogP contribution in [0.25, 0.3) is 0 Å². The van der Waals surface area contributed by atoms with Crippen molar-refractivity contribution in [3.8, 4) is 0 Å². The highest BCUT2D eigenvalue weighted by Crippen LogP contribution is 2.30. The van der Waals surface area contributed by atoms with Crippen LogP contribution in [0.15, 0.2) is 158 Å². The second-order valence-corrected chi connectivity index (χ2v) is 22.1. The maximum atomic E-state index is 15.4. The zero-order chi connectivity index (χ0) is 64.6. The molecule has 6 aromatic rings. The Balaban J connectivity index is 1.46. The van der Waals surface area contributed by atoms with Crippen LogP contribution in [0.5, 0.6) is 0 Å². The van der Waals surface area contributed by atoms with Crippen molar-refractivity contribution in [2.24, 2.45) is 0 Å². The van der Waals surface area contributed by atoms with Crippen molar-refractivity contribution in [1.29, 1.82) is 0 Å². The third kappa shape index (κ3) is 20.7. The fourth-order valence-corrected chi connectivity index (χ4v) is 10.3. The first-order valence-corrected chi connectivity index (χ1v) is 31.6. The summed E-state index contributed by atoms with van der Waals surface area (Å²) in [5, 5.41) is 0. The molecule has 0 radical (unpaired) electrons. The minimum atomic E-state index is -1.59. The van der Waals surface area contributed by atoms with Crippen molar-refractivity contribution < 1.29 is 76.7 Å². The van der Waals surface area contributed by atoms with E-state index in [0.29, 0.717) is 51.4 Å². The van der Waals surface area contributed by atoms with Gasteiger partial charge >= 0.3 is 35.8 Å². The number of Topliss-reactive ketones (excluding diaryl/α,β-unsaturated/α-hetero) is 4.